The van der Waals surface area contributed by atoms with Crippen LogP contribution >= 0.6 is 15.9 Å². The molecule has 0 aliphatic carbocycles. The van der Waals surface area contributed by atoms with Gasteiger partial charge < -0.3 is 4.74 Å². The fourth-order valence-corrected chi connectivity index (χ4v) is 2.00. The number of ether oxygens (including phenoxy) is 1. The SMILES string of the molecule is CCC(C)C(Br)c1ccc(OC)cc1. The normalized spacial score (nSPS) is 14.9. The minimum absolute atomic E-state index is 0.443. The lowest BCUT2D eigenvalue weighted by Gasteiger charge is -2.16. The van der Waals surface area contributed by atoms with E-state index in [1.807, 2.05) is 12.1 Å². The van der Waals surface area contributed by atoms with Crippen LogP contribution in [0.3, 0.4) is 0 Å². The Labute approximate surface area is 94.6 Å². The highest BCUT2D eigenvalue weighted by molar-refractivity contribution is 9.09. The maximum atomic E-state index is 5.12. The number of methoxy groups -OCH3 is 1. The summed E-state index contributed by atoms with van der Waals surface area (Å²) in [5.74, 6) is 1.57. The topological polar surface area (TPSA) is 9.23 Å². The zero-order chi connectivity index (χ0) is 10.6. The molecule has 0 amide bonds. The fraction of sp³-hybridized carbons (Fsp3) is 0.500. The van der Waals surface area contributed by atoms with Crippen molar-refractivity contribution in [3.8, 4) is 5.75 Å². The second-order valence-corrected chi connectivity index (χ2v) is 4.55. The molecular weight excluding hydrogens is 240 g/mol. The lowest BCUT2D eigenvalue weighted by molar-refractivity contribution is 0.414. The summed E-state index contributed by atoms with van der Waals surface area (Å²) in [4.78, 5) is 0.443. The first kappa shape index (κ1) is 11.6. The molecule has 1 nitrogen and oxygen atoms in total. The van der Waals surface area contributed by atoms with Crippen LogP contribution in [0.25, 0.3) is 0 Å². The number of halogens is 1. The van der Waals surface area contributed by atoms with Gasteiger partial charge in [-0.3, -0.25) is 0 Å². The van der Waals surface area contributed by atoms with Gasteiger partial charge in [-0.2, -0.15) is 0 Å². The Kier molecular flexibility index (Phi) is 4.46. The zero-order valence-corrected chi connectivity index (χ0v) is 10.5. The van der Waals surface area contributed by atoms with Crippen molar-refractivity contribution in [2.75, 3.05) is 7.11 Å². The molecule has 1 rings (SSSR count). The molecule has 0 spiro atoms. The number of benzene rings is 1. The summed E-state index contributed by atoms with van der Waals surface area (Å²) in [5.41, 5.74) is 1.32. The monoisotopic (exact) mass is 256 g/mol. The highest BCUT2D eigenvalue weighted by Crippen LogP contribution is 2.33. The van der Waals surface area contributed by atoms with E-state index in [0.717, 1.165) is 5.75 Å². The van der Waals surface area contributed by atoms with Gasteiger partial charge in [-0.1, -0.05) is 48.3 Å². The highest BCUT2D eigenvalue weighted by atomic mass is 79.9. The van der Waals surface area contributed by atoms with Gasteiger partial charge in [-0.05, 0) is 23.6 Å². The van der Waals surface area contributed by atoms with Crippen LogP contribution in [0, 0.1) is 5.92 Å². The molecule has 2 atom stereocenters. The molecule has 14 heavy (non-hydrogen) atoms. The molecule has 0 aliphatic rings. The van der Waals surface area contributed by atoms with Crippen LogP contribution in [0.2, 0.25) is 0 Å². The molecule has 0 saturated heterocycles. The summed E-state index contributed by atoms with van der Waals surface area (Å²) < 4.78 is 5.12. The molecule has 0 aliphatic heterocycles. The predicted octanol–water partition coefficient (Wildman–Crippen LogP) is 4.18. The van der Waals surface area contributed by atoms with E-state index in [1.165, 1.54) is 12.0 Å². The Bertz CT molecular complexity index is 268. The van der Waals surface area contributed by atoms with Gasteiger partial charge in [0.05, 0.1) is 7.11 Å². The van der Waals surface area contributed by atoms with Crippen molar-refractivity contribution in [3.05, 3.63) is 29.8 Å². The molecule has 0 heterocycles. The number of hydrogen-bond acceptors (Lipinski definition) is 1. The quantitative estimate of drug-likeness (QED) is 0.735. The lowest BCUT2D eigenvalue weighted by atomic mass is 9.99. The third-order valence-electron chi connectivity index (χ3n) is 2.58. The Hall–Kier alpha value is -0.500. The third kappa shape index (κ3) is 2.74. The molecule has 0 radical (unpaired) electrons. The summed E-state index contributed by atoms with van der Waals surface area (Å²) in [6.07, 6.45) is 1.18. The highest BCUT2D eigenvalue weighted by Gasteiger charge is 2.13. The second kappa shape index (κ2) is 5.40. The molecule has 0 saturated carbocycles. The first-order chi connectivity index (χ1) is 6.69. The largest absolute Gasteiger partial charge is 0.497 e. The molecule has 0 fully saturated rings. The second-order valence-electron chi connectivity index (χ2n) is 3.56. The van der Waals surface area contributed by atoms with E-state index in [1.54, 1.807) is 7.11 Å². The van der Waals surface area contributed by atoms with Gasteiger partial charge in [0.2, 0.25) is 0 Å². The van der Waals surface area contributed by atoms with E-state index in [-0.39, 0.29) is 0 Å². The van der Waals surface area contributed by atoms with E-state index in [4.69, 9.17) is 4.74 Å². The van der Waals surface area contributed by atoms with Crippen LogP contribution in [-0.2, 0) is 0 Å². The first-order valence-corrected chi connectivity index (χ1v) is 5.88. The van der Waals surface area contributed by atoms with E-state index in [2.05, 4.69) is 41.9 Å². The van der Waals surface area contributed by atoms with Crippen LogP contribution in [-0.4, -0.2) is 7.11 Å². The standard InChI is InChI=1S/C12H17BrO/c1-4-9(2)12(13)10-5-7-11(14-3)8-6-10/h5-9,12H,4H2,1-3H3. The minimum Gasteiger partial charge on any atom is -0.497 e. The number of rotatable bonds is 4. The average Bonchev–Trinajstić information content (AvgIpc) is 2.27. The van der Waals surface area contributed by atoms with Gasteiger partial charge in [0, 0.05) is 4.83 Å². The number of hydrogen-bond donors (Lipinski definition) is 0. The van der Waals surface area contributed by atoms with Crippen molar-refractivity contribution in [2.24, 2.45) is 5.92 Å². The van der Waals surface area contributed by atoms with Crippen LogP contribution < -0.4 is 4.74 Å². The van der Waals surface area contributed by atoms with E-state index in [9.17, 15) is 0 Å². The Morgan fingerprint density at radius 3 is 2.29 bits per heavy atom. The predicted molar refractivity (Wildman–Crippen MR) is 64.1 cm³/mol. The van der Waals surface area contributed by atoms with Gasteiger partial charge in [-0.25, -0.2) is 0 Å². The van der Waals surface area contributed by atoms with Crippen molar-refractivity contribution in [1.29, 1.82) is 0 Å². The smallest absolute Gasteiger partial charge is 0.118 e. The van der Waals surface area contributed by atoms with Crippen LogP contribution in [0.15, 0.2) is 24.3 Å². The number of alkyl halides is 1. The summed E-state index contributed by atoms with van der Waals surface area (Å²) >= 11 is 3.72. The molecule has 0 aromatic heterocycles. The van der Waals surface area contributed by atoms with Gasteiger partial charge in [0.25, 0.3) is 0 Å². The van der Waals surface area contributed by atoms with Gasteiger partial charge in [-0.15, -0.1) is 0 Å². The molecule has 78 valence electrons. The molecule has 1 aromatic rings. The van der Waals surface area contributed by atoms with Crippen molar-refractivity contribution in [1.82, 2.24) is 0 Å². The van der Waals surface area contributed by atoms with E-state index in [0.29, 0.717) is 10.7 Å². The molecule has 1 aromatic carbocycles. The maximum absolute atomic E-state index is 5.12. The summed E-state index contributed by atoms with van der Waals surface area (Å²) in [5, 5.41) is 0. The van der Waals surface area contributed by atoms with E-state index < -0.39 is 0 Å². The summed E-state index contributed by atoms with van der Waals surface area (Å²) in [6.45, 7) is 4.46. The zero-order valence-electron chi connectivity index (χ0n) is 8.96. The average molecular weight is 257 g/mol. The van der Waals surface area contributed by atoms with Crippen molar-refractivity contribution in [2.45, 2.75) is 25.1 Å². The third-order valence-corrected chi connectivity index (χ3v) is 4.01. The van der Waals surface area contributed by atoms with Crippen LogP contribution in [0.4, 0.5) is 0 Å². The van der Waals surface area contributed by atoms with Crippen LogP contribution in [0.5, 0.6) is 5.75 Å². The first-order valence-electron chi connectivity index (χ1n) is 4.97. The summed E-state index contributed by atoms with van der Waals surface area (Å²) in [7, 11) is 1.69. The van der Waals surface area contributed by atoms with Crippen molar-refractivity contribution in [3.63, 3.8) is 0 Å². The lowest BCUT2D eigenvalue weighted by Crippen LogP contribution is -2.01. The molecule has 0 N–H and O–H groups in total. The Morgan fingerprint density at radius 1 is 1.29 bits per heavy atom. The van der Waals surface area contributed by atoms with Gasteiger partial charge in [0.1, 0.15) is 5.75 Å². The Morgan fingerprint density at radius 2 is 1.86 bits per heavy atom. The van der Waals surface area contributed by atoms with Crippen molar-refractivity contribution >= 4 is 15.9 Å². The fourth-order valence-electron chi connectivity index (χ4n) is 1.32. The van der Waals surface area contributed by atoms with Crippen LogP contribution in [0.1, 0.15) is 30.7 Å². The molecule has 0 bridgehead atoms. The minimum atomic E-state index is 0.443. The molecule has 2 unspecified atom stereocenters. The van der Waals surface area contributed by atoms with Crippen molar-refractivity contribution < 1.29 is 4.74 Å². The molecule has 2 heteroatoms. The Balaban J connectivity index is 2.75. The molecular formula is C12H17BrO. The maximum Gasteiger partial charge on any atom is 0.118 e. The van der Waals surface area contributed by atoms with Gasteiger partial charge in [0.15, 0.2) is 0 Å². The summed E-state index contributed by atoms with van der Waals surface area (Å²) in [6, 6.07) is 8.24. The van der Waals surface area contributed by atoms with Gasteiger partial charge >= 0.3 is 0 Å². The van der Waals surface area contributed by atoms with E-state index >= 15 is 0 Å².